The van der Waals surface area contributed by atoms with Crippen molar-refractivity contribution in [2.45, 2.75) is 0 Å². The van der Waals surface area contributed by atoms with Gasteiger partial charge in [0.05, 0.1) is 33.1 Å². The molecule has 10 rings (SSSR count). The number of hydrogen-bond donors (Lipinski definition) is 0. The van der Waals surface area contributed by atoms with Gasteiger partial charge in [-0.15, -0.1) is 0 Å². The molecule has 43 heavy (non-hydrogen) atoms. The molecule has 0 spiro atoms. The van der Waals surface area contributed by atoms with Gasteiger partial charge in [-0.1, -0.05) is 91.0 Å². The Morgan fingerprint density at radius 3 is 1.67 bits per heavy atom. The van der Waals surface area contributed by atoms with Gasteiger partial charge in [-0.05, 0) is 60.0 Å². The minimum Gasteiger partial charge on any atom is -0.456 e. The molecule has 0 N–H and O–H groups in total. The van der Waals surface area contributed by atoms with Gasteiger partial charge >= 0.3 is 0 Å². The quantitative estimate of drug-likeness (QED) is 0.211. The van der Waals surface area contributed by atoms with Crippen LogP contribution in [-0.2, 0) is 0 Å². The molecular formula is C40H24N2O. The third-order valence-corrected chi connectivity index (χ3v) is 9.09. The molecule has 3 heterocycles. The second-order valence-corrected chi connectivity index (χ2v) is 11.3. The molecule has 0 aliphatic carbocycles. The van der Waals surface area contributed by atoms with Gasteiger partial charge in [0.25, 0.3) is 0 Å². The third-order valence-electron chi connectivity index (χ3n) is 9.09. The summed E-state index contributed by atoms with van der Waals surface area (Å²) < 4.78 is 11.2. The maximum atomic E-state index is 6.32. The Balaban J connectivity index is 1.43. The van der Waals surface area contributed by atoms with Crippen LogP contribution in [0.4, 0.5) is 0 Å². The monoisotopic (exact) mass is 548 g/mol. The summed E-state index contributed by atoms with van der Waals surface area (Å²) in [5, 5.41) is 9.88. The van der Waals surface area contributed by atoms with E-state index in [2.05, 4.69) is 149 Å². The van der Waals surface area contributed by atoms with E-state index < -0.39 is 0 Å². The number of benzene rings is 7. The van der Waals surface area contributed by atoms with Crippen LogP contribution in [0.2, 0.25) is 0 Å². The smallest absolute Gasteiger partial charge is 0.137 e. The summed E-state index contributed by atoms with van der Waals surface area (Å²) in [6.07, 6.45) is 0. The van der Waals surface area contributed by atoms with E-state index >= 15 is 0 Å². The van der Waals surface area contributed by atoms with Crippen LogP contribution in [0.25, 0.3) is 87.7 Å². The number of furan rings is 1. The lowest BCUT2D eigenvalue weighted by Crippen LogP contribution is -1.94. The predicted octanol–water partition coefficient (Wildman–Crippen LogP) is 10.9. The van der Waals surface area contributed by atoms with E-state index in [4.69, 9.17) is 4.42 Å². The van der Waals surface area contributed by atoms with Gasteiger partial charge in [0, 0.05) is 38.0 Å². The lowest BCUT2D eigenvalue weighted by Gasteiger charge is -2.11. The highest BCUT2D eigenvalue weighted by Crippen LogP contribution is 2.45. The molecule has 0 amide bonds. The molecule has 200 valence electrons. The van der Waals surface area contributed by atoms with Crippen molar-refractivity contribution in [1.29, 1.82) is 0 Å². The van der Waals surface area contributed by atoms with Crippen molar-refractivity contribution in [3.63, 3.8) is 0 Å². The first-order valence-corrected chi connectivity index (χ1v) is 14.7. The molecule has 0 saturated carbocycles. The van der Waals surface area contributed by atoms with E-state index in [0.717, 1.165) is 27.6 Å². The van der Waals surface area contributed by atoms with E-state index in [9.17, 15) is 0 Å². The normalized spacial score (nSPS) is 12.2. The minimum atomic E-state index is 0.902. The van der Waals surface area contributed by atoms with Crippen LogP contribution in [0, 0.1) is 0 Å². The fraction of sp³-hybridized carbons (Fsp3) is 0. The number of rotatable bonds is 2. The van der Waals surface area contributed by atoms with E-state index in [1.807, 2.05) is 6.07 Å². The first-order chi connectivity index (χ1) is 21.4. The molecule has 0 bridgehead atoms. The Morgan fingerprint density at radius 2 is 0.930 bits per heavy atom. The van der Waals surface area contributed by atoms with Crippen LogP contribution >= 0.6 is 0 Å². The van der Waals surface area contributed by atoms with Gasteiger partial charge in [-0.3, -0.25) is 0 Å². The highest BCUT2D eigenvalue weighted by Gasteiger charge is 2.22. The molecule has 0 aliphatic rings. The SMILES string of the molecule is c1ccc(-n2c3ccccc3c3c4c(ccc32)ccc2c4c3ccccc3n2-c2cccc3oc4ccccc4c23)cc1. The maximum absolute atomic E-state index is 6.32. The van der Waals surface area contributed by atoms with Gasteiger partial charge in [-0.2, -0.15) is 0 Å². The molecule has 0 radical (unpaired) electrons. The van der Waals surface area contributed by atoms with E-state index in [-0.39, 0.29) is 0 Å². The Bertz CT molecular complexity index is 2720. The summed E-state index contributed by atoms with van der Waals surface area (Å²) in [7, 11) is 0. The molecule has 0 aliphatic heterocycles. The highest BCUT2D eigenvalue weighted by atomic mass is 16.3. The number of para-hydroxylation sites is 4. The van der Waals surface area contributed by atoms with Crippen LogP contribution in [0.3, 0.4) is 0 Å². The van der Waals surface area contributed by atoms with Crippen LogP contribution in [0.1, 0.15) is 0 Å². The summed E-state index contributed by atoms with van der Waals surface area (Å²) in [5.74, 6) is 0. The summed E-state index contributed by atoms with van der Waals surface area (Å²) in [5.41, 5.74) is 8.92. The summed E-state index contributed by atoms with van der Waals surface area (Å²) in [4.78, 5) is 0. The van der Waals surface area contributed by atoms with Gasteiger partial charge in [-0.25, -0.2) is 0 Å². The fourth-order valence-electron chi connectivity index (χ4n) is 7.39. The Labute approximate surface area is 246 Å². The third kappa shape index (κ3) is 2.98. The zero-order valence-electron chi connectivity index (χ0n) is 23.2. The van der Waals surface area contributed by atoms with Gasteiger partial charge in [0.2, 0.25) is 0 Å². The highest BCUT2D eigenvalue weighted by molar-refractivity contribution is 6.33. The van der Waals surface area contributed by atoms with Gasteiger partial charge in [0.15, 0.2) is 0 Å². The van der Waals surface area contributed by atoms with Gasteiger partial charge in [0.1, 0.15) is 11.2 Å². The second kappa shape index (κ2) is 8.37. The zero-order valence-corrected chi connectivity index (χ0v) is 23.2. The Morgan fingerprint density at radius 1 is 0.349 bits per heavy atom. The largest absolute Gasteiger partial charge is 0.456 e. The van der Waals surface area contributed by atoms with Crippen molar-refractivity contribution >= 4 is 76.3 Å². The van der Waals surface area contributed by atoms with E-state index in [0.29, 0.717) is 0 Å². The molecule has 0 fully saturated rings. The summed E-state index contributed by atoms with van der Waals surface area (Å²) in [6.45, 7) is 0. The molecule has 0 saturated heterocycles. The molecule has 0 unspecified atom stereocenters. The van der Waals surface area contributed by atoms with Crippen LogP contribution < -0.4 is 0 Å². The van der Waals surface area contributed by atoms with E-state index in [1.165, 1.54) is 60.1 Å². The number of hydrogen-bond acceptors (Lipinski definition) is 1. The molecule has 0 atom stereocenters. The lowest BCUT2D eigenvalue weighted by molar-refractivity contribution is 0.669. The first-order valence-electron chi connectivity index (χ1n) is 14.7. The van der Waals surface area contributed by atoms with Crippen LogP contribution in [-0.4, -0.2) is 9.13 Å². The maximum Gasteiger partial charge on any atom is 0.137 e. The molecular weight excluding hydrogens is 524 g/mol. The lowest BCUT2D eigenvalue weighted by atomic mass is 9.98. The van der Waals surface area contributed by atoms with Crippen molar-refractivity contribution in [1.82, 2.24) is 9.13 Å². The number of aromatic nitrogens is 2. The average molecular weight is 549 g/mol. The van der Waals surface area contributed by atoms with Crippen LogP contribution in [0.5, 0.6) is 0 Å². The predicted molar refractivity (Wildman–Crippen MR) is 180 cm³/mol. The topological polar surface area (TPSA) is 23.0 Å². The molecule has 3 heteroatoms. The van der Waals surface area contributed by atoms with Crippen molar-refractivity contribution < 1.29 is 4.42 Å². The molecule has 3 aromatic heterocycles. The average Bonchev–Trinajstić information content (AvgIpc) is 3.73. The Hall–Kier alpha value is -5.80. The zero-order chi connectivity index (χ0) is 28.1. The first kappa shape index (κ1) is 22.8. The second-order valence-electron chi connectivity index (χ2n) is 11.3. The van der Waals surface area contributed by atoms with Crippen LogP contribution in [0.15, 0.2) is 150 Å². The summed E-state index contributed by atoms with van der Waals surface area (Å²) in [6, 6.07) is 52.2. The molecule has 10 aromatic rings. The van der Waals surface area contributed by atoms with Gasteiger partial charge < -0.3 is 13.6 Å². The Kier molecular flexibility index (Phi) is 4.45. The summed E-state index contributed by atoms with van der Waals surface area (Å²) >= 11 is 0. The number of nitrogens with zero attached hydrogens (tertiary/aromatic N) is 2. The molecule has 7 aromatic carbocycles. The standard InChI is InChI=1S/C40H24N2O/c1-2-11-26(12-3-1)41-30-16-7-4-13-27(30)39-33(41)23-21-25-22-24-34-40(37(25)39)28-14-5-8-17-31(28)42(34)32-18-10-20-36-38(32)29-15-6-9-19-35(29)43-36/h1-24H. The van der Waals surface area contributed by atoms with Crippen molar-refractivity contribution in [2.75, 3.05) is 0 Å². The fourth-order valence-corrected chi connectivity index (χ4v) is 7.39. The van der Waals surface area contributed by atoms with E-state index in [1.54, 1.807) is 0 Å². The number of fused-ring (bicyclic) bond motifs is 12. The van der Waals surface area contributed by atoms with Crippen molar-refractivity contribution in [3.05, 3.63) is 146 Å². The minimum absolute atomic E-state index is 0.902. The molecule has 3 nitrogen and oxygen atoms in total. The van der Waals surface area contributed by atoms with Crippen molar-refractivity contribution in [2.24, 2.45) is 0 Å². The van der Waals surface area contributed by atoms with Crippen molar-refractivity contribution in [3.8, 4) is 11.4 Å².